The lowest BCUT2D eigenvalue weighted by atomic mass is 10.1. The zero-order valence-corrected chi connectivity index (χ0v) is 18.7. The Kier molecular flexibility index (Phi) is 7.77. The molecule has 3 rings (SSSR count). The molecule has 0 radical (unpaired) electrons. The molecule has 7 heteroatoms. The second kappa shape index (κ2) is 10.5. The first-order chi connectivity index (χ1) is 14.8. The summed E-state index contributed by atoms with van der Waals surface area (Å²) in [6, 6.07) is 17.0. The first-order valence-corrected chi connectivity index (χ1v) is 10.6. The molecule has 4 nitrogen and oxygen atoms in total. The van der Waals surface area contributed by atoms with Gasteiger partial charge in [0.05, 0.1) is 5.02 Å². The molecule has 0 unspecified atom stereocenters. The van der Waals surface area contributed by atoms with Crippen molar-refractivity contribution in [3.63, 3.8) is 0 Å². The van der Waals surface area contributed by atoms with E-state index in [1.165, 1.54) is 12.1 Å². The standard InChI is InChI=1S/C24H23Cl2FN2O2/c1-15(2)24(30)29-21-8-6-20(7-9-21)28-13-17-11-18(25)4-10-23(17)31-14-16-3-5-19(27)12-22(16)26/h3-12,15,28H,13-14H2,1-2H3,(H,29,30). The number of nitrogens with one attached hydrogen (secondary N) is 2. The molecule has 3 aromatic rings. The van der Waals surface area contributed by atoms with E-state index >= 15 is 0 Å². The van der Waals surface area contributed by atoms with Crippen LogP contribution in [-0.2, 0) is 17.9 Å². The van der Waals surface area contributed by atoms with Gasteiger partial charge in [-0.1, -0.05) is 43.1 Å². The number of ether oxygens (including phenoxy) is 1. The molecule has 0 aromatic heterocycles. The highest BCUT2D eigenvalue weighted by molar-refractivity contribution is 6.31. The Morgan fingerprint density at radius 2 is 1.68 bits per heavy atom. The predicted molar refractivity (Wildman–Crippen MR) is 124 cm³/mol. The average Bonchev–Trinajstić information content (AvgIpc) is 2.73. The average molecular weight is 461 g/mol. The number of carbonyl (C=O) groups is 1. The van der Waals surface area contributed by atoms with Gasteiger partial charge in [0.2, 0.25) is 5.91 Å². The van der Waals surface area contributed by atoms with Gasteiger partial charge < -0.3 is 15.4 Å². The number of amides is 1. The van der Waals surface area contributed by atoms with Gasteiger partial charge in [-0.2, -0.15) is 0 Å². The van der Waals surface area contributed by atoms with Gasteiger partial charge in [0.15, 0.2) is 0 Å². The zero-order valence-electron chi connectivity index (χ0n) is 17.2. The quantitative estimate of drug-likeness (QED) is 0.383. The molecule has 3 aromatic carbocycles. The highest BCUT2D eigenvalue weighted by atomic mass is 35.5. The van der Waals surface area contributed by atoms with Crippen LogP contribution in [0.5, 0.6) is 5.75 Å². The molecule has 0 spiro atoms. The molecule has 0 atom stereocenters. The Morgan fingerprint density at radius 1 is 0.968 bits per heavy atom. The first-order valence-electron chi connectivity index (χ1n) is 9.82. The van der Waals surface area contributed by atoms with Crippen molar-refractivity contribution in [2.45, 2.75) is 27.0 Å². The zero-order chi connectivity index (χ0) is 22.4. The van der Waals surface area contributed by atoms with Crippen LogP contribution in [0.4, 0.5) is 15.8 Å². The number of hydrogen-bond acceptors (Lipinski definition) is 3. The number of halogens is 3. The molecule has 31 heavy (non-hydrogen) atoms. The number of benzene rings is 3. The summed E-state index contributed by atoms with van der Waals surface area (Å²) in [7, 11) is 0. The maximum absolute atomic E-state index is 13.2. The van der Waals surface area contributed by atoms with Crippen molar-refractivity contribution in [1.29, 1.82) is 0 Å². The van der Waals surface area contributed by atoms with E-state index in [0.717, 1.165) is 16.9 Å². The second-order valence-corrected chi connectivity index (χ2v) is 8.19. The van der Waals surface area contributed by atoms with Gasteiger partial charge >= 0.3 is 0 Å². The normalized spacial score (nSPS) is 10.8. The van der Waals surface area contributed by atoms with E-state index in [2.05, 4.69) is 10.6 Å². The number of rotatable bonds is 8. The maximum atomic E-state index is 13.2. The summed E-state index contributed by atoms with van der Waals surface area (Å²) >= 11 is 12.3. The van der Waals surface area contributed by atoms with Crippen LogP contribution in [0.25, 0.3) is 0 Å². The van der Waals surface area contributed by atoms with Crippen molar-refractivity contribution in [3.8, 4) is 5.75 Å². The van der Waals surface area contributed by atoms with Crippen molar-refractivity contribution in [2.24, 2.45) is 5.92 Å². The van der Waals surface area contributed by atoms with Gasteiger partial charge in [-0.25, -0.2) is 4.39 Å². The van der Waals surface area contributed by atoms with Crippen molar-refractivity contribution < 1.29 is 13.9 Å². The lowest BCUT2D eigenvalue weighted by molar-refractivity contribution is -0.118. The minimum Gasteiger partial charge on any atom is -0.488 e. The summed E-state index contributed by atoms with van der Waals surface area (Å²) in [6.45, 7) is 4.38. The summed E-state index contributed by atoms with van der Waals surface area (Å²) in [5.74, 6) is 0.157. The molecule has 0 aliphatic carbocycles. The van der Waals surface area contributed by atoms with E-state index < -0.39 is 0 Å². The number of hydrogen-bond donors (Lipinski definition) is 2. The third kappa shape index (κ3) is 6.61. The van der Waals surface area contributed by atoms with Crippen molar-refractivity contribution in [3.05, 3.63) is 87.7 Å². The van der Waals surface area contributed by atoms with Crippen LogP contribution < -0.4 is 15.4 Å². The first kappa shape index (κ1) is 22.9. The smallest absolute Gasteiger partial charge is 0.226 e. The van der Waals surface area contributed by atoms with Crippen LogP contribution in [0.1, 0.15) is 25.0 Å². The summed E-state index contributed by atoms with van der Waals surface area (Å²) in [5.41, 5.74) is 3.18. The van der Waals surface area contributed by atoms with E-state index in [-0.39, 0.29) is 24.2 Å². The number of carbonyl (C=O) groups excluding carboxylic acids is 1. The Labute approximate surface area is 191 Å². The lowest BCUT2D eigenvalue weighted by Gasteiger charge is -2.14. The molecule has 0 aliphatic rings. The fourth-order valence-electron chi connectivity index (χ4n) is 2.78. The third-order valence-corrected chi connectivity index (χ3v) is 5.17. The maximum Gasteiger partial charge on any atom is 0.226 e. The van der Waals surface area contributed by atoms with Crippen LogP contribution in [0, 0.1) is 11.7 Å². The van der Waals surface area contributed by atoms with Gasteiger partial charge in [0.25, 0.3) is 0 Å². The highest BCUT2D eigenvalue weighted by Crippen LogP contribution is 2.27. The van der Waals surface area contributed by atoms with Gasteiger partial charge in [-0.05, 0) is 54.6 Å². The molecule has 0 saturated carbocycles. The molecule has 0 aliphatic heterocycles. The van der Waals surface area contributed by atoms with E-state index in [1.807, 2.05) is 44.2 Å². The second-order valence-electron chi connectivity index (χ2n) is 7.35. The van der Waals surface area contributed by atoms with Gasteiger partial charge in [-0.15, -0.1) is 0 Å². The van der Waals surface area contributed by atoms with Crippen LogP contribution in [0.15, 0.2) is 60.7 Å². The molecular formula is C24H23Cl2FN2O2. The van der Waals surface area contributed by atoms with Crippen molar-refractivity contribution in [1.82, 2.24) is 0 Å². The fraction of sp³-hybridized carbons (Fsp3) is 0.208. The SMILES string of the molecule is CC(C)C(=O)Nc1ccc(NCc2cc(Cl)ccc2OCc2ccc(F)cc2Cl)cc1. The van der Waals surface area contributed by atoms with E-state index in [0.29, 0.717) is 27.9 Å². The van der Waals surface area contributed by atoms with Crippen LogP contribution >= 0.6 is 23.2 Å². The lowest BCUT2D eigenvalue weighted by Crippen LogP contribution is -2.17. The molecule has 1 amide bonds. The Hall–Kier alpha value is -2.76. The van der Waals surface area contributed by atoms with Crippen molar-refractivity contribution >= 4 is 40.5 Å². The summed E-state index contributed by atoms with van der Waals surface area (Å²) in [5, 5.41) is 7.09. The Balaban J connectivity index is 1.65. The molecule has 162 valence electrons. The molecule has 2 N–H and O–H groups in total. The Bertz CT molecular complexity index is 1060. The largest absolute Gasteiger partial charge is 0.488 e. The highest BCUT2D eigenvalue weighted by Gasteiger charge is 2.09. The molecular weight excluding hydrogens is 438 g/mol. The molecule has 0 saturated heterocycles. The topological polar surface area (TPSA) is 50.4 Å². The third-order valence-electron chi connectivity index (χ3n) is 4.58. The van der Waals surface area contributed by atoms with Crippen LogP contribution in [0.2, 0.25) is 10.0 Å². The minimum atomic E-state index is -0.389. The monoisotopic (exact) mass is 460 g/mol. The molecule has 0 heterocycles. The van der Waals surface area contributed by atoms with Gasteiger partial charge in [0, 0.05) is 40.0 Å². The molecule has 0 bridgehead atoms. The number of anilines is 2. The van der Waals surface area contributed by atoms with Crippen molar-refractivity contribution in [2.75, 3.05) is 10.6 Å². The predicted octanol–water partition coefficient (Wildman–Crippen LogP) is 6.92. The minimum absolute atomic E-state index is 0.0253. The van der Waals surface area contributed by atoms with Crippen LogP contribution in [-0.4, -0.2) is 5.91 Å². The van der Waals surface area contributed by atoms with Crippen LogP contribution in [0.3, 0.4) is 0 Å². The Morgan fingerprint density at radius 3 is 2.35 bits per heavy atom. The summed E-state index contributed by atoms with van der Waals surface area (Å²) in [4.78, 5) is 11.8. The van der Waals surface area contributed by atoms with E-state index in [4.69, 9.17) is 27.9 Å². The van der Waals surface area contributed by atoms with E-state index in [1.54, 1.807) is 18.2 Å². The van der Waals surface area contributed by atoms with E-state index in [9.17, 15) is 9.18 Å². The fourth-order valence-corrected chi connectivity index (χ4v) is 3.19. The summed E-state index contributed by atoms with van der Waals surface area (Å²) < 4.78 is 19.2. The van der Waals surface area contributed by atoms with Gasteiger partial charge in [0.1, 0.15) is 18.2 Å². The van der Waals surface area contributed by atoms with Gasteiger partial charge in [-0.3, -0.25) is 4.79 Å². The summed E-state index contributed by atoms with van der Waals surface area (Å²) in [6.07, 6.45) is 0. The molecule has 0 fully saturated rings.